The van der Waals surface area contributed by atoms with E-state index >= 15 is 0 Å². The molecule has 0 bridgehead atoms. The van der Waals surface area contributed by atoms with Crippen LogP contribution < -0.4 is 5.32 Å². The Morgan fingerprint density at radius 2 is 2.04 bits per heavy atom. The Balaban J connectivity index is 1.95. The van der Waals surface area contributed by atoms with Crippen molar-refractivity contribution in [2.75, 3.05) is 20.3 Å². The Morgan fingerprint density at radius 1 is 1.35 bits per heavy atom. The molecule has 9 heteroatoms. The van der Waals surface area contributed by atoms with Crippen molar-refractivity contribution in [2.45, 2.75) is 33.0 Å². The molecule has 1 amide bonds. The van der Waals surface area contributed by atoms with E-state index in [4.69, 9.17) is 13.6 Å². The number of amides is 1. The van der Waals surface area contributed by atoms with Crippen LogP contribution in [0.25, 0.3) is 0 Å². The Hall–Kier alpha value is -1.57. The van der Waals surface area contributed by atoms with Gasteiger partial charge in [0.25, 0.3) is 0 Å². The summed E-state index contributed by atoms with van der Waals surface area (Å²) in [6.45, 7) is 3.93. The van der Waals surface area contributed by atoms with Gasteiger partial charge in [0.2, 0.25) is 0 Å². The van der Waals surface area contributed by atoms with E-state index in [-0.39, 0.29) is 26.2 Å². The molecule has 8 nitrogen and oxygen atoms in total. The van der Waals surface area contributed by atoms with Gasteiger partial charge in [0, 0.05) is 0 Å². The summed E-state index contributed by atoms with van der Waals surface area (Å²) in [5, 5.41) is 2.62. The van der Waals surface area contributed by atoms with Crippen LogP contribution in [0.3, 0.4) is 0 Å². The Labute approximate surface area is 153 Å². The summed E-state index contributed by atoms with van der Waals surface area (Å²) in [6, 6.07) is 9.28. The van der Waals surface area contributed by atoms with Gasteiger partial charge >= 0.3 is 153 Å². The molecule has 0 aromatic heterocycles. The van der Waals surface area contributed by atoms with Crippen molar-refractivity contribution in [2.24, 2.45) is 5.41 Å². The van der Waals surface area contributed by atoms with Gasteiger partial charge in [0.1, 0.15) is 0 Å². The third kappa shape index (κ3) is 5.72. The minimum absolute atomic E-state index is 0.0537. The molecule has 1 aromatic carbocycles. The summed E-state index contributed by atoms with van der Waals surface area (Å²) in [4.78, 5) is 34.2. The van der Waals surface area contributed by atoms with Gasteiger partial charge in [0.05, 0.1) is 0 Å². The van der Waals surface area contributed by atoms with Gasteiger partial charge in [-0.1, -0.05) is 0 Å². The SMILES string of the molecule is COC(=O)CCNC(=O)[C@@H]1O[PH](O)(OCc2ccccc2)OCC1(C)C. The normalized spacial score (nSPS) is 22.2. The number of methoxy groups -OCH3 is 1. The molecule has 1 aliphatic heterocycles. The van der Waals surface area contributed by atoms with E-state index in [0.29, 0.717) is 0 Å². The predicted octanol–water partition coefficient (Wildman–Crippen LogP) is 1.73. The van der Waals surface area contributed by atoms with Crippen LogP contribution in [0.4, 0.5) is 0 Å². The van der Waals surface area contributed by atoms with Gasteiger partial charge in [-0.25, -0.2) is 0 Å². The van der Waals surface area contributed by atoms with Crippen LogP contribution in [0, 0.1) is 5.41 Å². The van der Waals surface area contributed by atoms with E-state index in [1.807, 2.05) is 30.3 Å². The molecule has 1 aromatic rings. The van der Waals surface area contributed by atoms with Crippen molar-refractivity contribution >= 4 is 20.0 Å². The van der Waals surface area contributed by atoms with Crippen molar-refractivity contribution in [1.82, 2.24) is 5.32 Å². The molecule has 1 fully saturated rings. The first-order valence-corrected chi connectivity index (χ1v) is 9.99. The van der Waals surface area contributed by atoms with E-state index in [0.717, 1.165) is 5.56 Å². The van der Waals surface area contributed by atoms with Gasteiger partial charge in [-0.15, -0.1) is 0 Å². The minimum atomic E-state index is -3.95. The molecular weight excluding hydrogens is 361 g/mol. The van der Waals surface area contributed by atoms with Crippen LogP contribution in [-0.2, 0) is 34.5 Å². The summed E-state index contributed by atoms with van der Waals surface area (Å²) in [5.74, 6) is -0.856. The van der Waals surface area contributed by atoms with Crippen LogP contribution in [0.5, 0.6) is 0 Å². The van der Waals surface area contributed by atoms with E-state index in [9.17, 15) is 14.5 Å². The number of rotatable bonds is 7. The Bertz CT molecular complexity index is 625. The molecule has 146 valence electrons. The molecular formula is C17H26NO7P. The molecule has 1 atom stereocenters. The van der Waals surface area contributed by atoms with Crippen LogP contribution >= 0.6 is 8.17 Å². The second-order valence-corrected chi connectivity index (χ2v) is 8.55. The fourth-order valence-corrected chi connectivity index (χ4v) is 4.26. The average Bonchev–Trinajstić information content (AvgIpc) is 2.63. The molecule has 2 rings (SSSR count). The standard InChI is InChI=1S/C17H26NO7P/c1-17(2)12-24-26(21,23-11-13-7-5-4-6-8-13)25-15(17)16(20)18-10-9-14(19)22-3/h4-8,15,21,26H,9-12H2,1-3H3,(H,18,20)/t15-/m0/s1. The van der Waals surface area contributed by atoms with Gasteiger partial charge in [-0.3, -0.25) is 0 Å². The zero-order valence-corrected chi connectivity index (χ0v) is 16.2. The first-order valence-electron chi connectivity index (χ1n) is 8.32. The van der Waals surface area contributed by atoms with E-state index in [1.165, 1.54) is 7.11 Å². The first kappa shape index (κ1) is 20.7. The molecule has 1 saturated heterocycles. The summed E-state index contributed by atoms with van der Waals surface area (Å²) in [7, 11) is -2.67. The zero-order valence-electron chi connectivity index (χ0n) is 15.2. The Kier molecular flexibility index (Phi) is 7.08. The predicted molar refractivity (Wildman–Crippen MR) is 96.0 cm³/mol. The number of esters is 1. The fourth-order valence-electron chi connectivity index (χ4n) is 2.41. The quantitative estimate of drug-likeness (QED) is 0.542. The number of carbonyl (C=O) groups excluding carboxylic acids is 2. The van der Waals surface area contributed by atoms with E-state index < -0.39 is 31.6 Å². The van der Waals surface area contributed by atoms with Crippen LogP contribution in [0.15, 0.2) is 30.3 Å². The molecule has 1 aliphatic rings. The number of hydrogen-bond acceptors (Lipinski definition) is 7. The summed E-state index contributed by atoms with van der Waals surface area (Å²) < 4.78 is 21.0. The fraction of sp³-hybridized carbons (Fsp3) is 0.529. The average molecular weight is 387 g/mol. The van der Waals surface area contributed by atoms with Gasteiger partial charge in [-0.05, 0) is 0 Å². The van der Waals surface area contributed by atoms with Crippen molar-refractivity contribution in [1.29, 1.82) is 0 Å². The first-order chi connectivity index (χ1) is 12.3. The van der Waals surface area contributed by atoms with Gasteiger partial charge in [-0.2, -0.15) is 0 Å². The molecule has 0 spiro atoms. The number of benzene rings is 1. The molecule has 0 radical (unpaired) electrons. The summed E-state index contributed by atoms with van der Waals surface area (Å²) in [5.41, 5.74) is 0.189. The number of carbonyl (C=O) groups is 2. The molecule has 1 heterocycles. The van der Waals surface area contributed by atoms with Gasteiger partial charge in [0.15, 0.2) is 0 Å². The number of nitrogens with one attached hydrogen (secondary N) is 1. The van der Waals surface area contributed by atoms with E-state index in [2.05, 4.69) is 10.1 Å². The molecule has 26 heavy (non-hydrogen) atoms. The second-order valence-electron chi connectivity index (χ2n) is 6.69. The maximum atomic E-state index is 12.5. The molecule has 0 saturated carbocycles. The second kappa shape index (κ2) is 8.88. The summed E-state index contributed by atoms with van der Waals surface area (Å²) in [6.07, 6.45) is -0.903. The third-order valence-corrected chi connectivity index (χ3v) is 5.51. The van der Waals surface area contributed by atoms with Gasteiger partial charge < -0.3 is 0 Å². The molecule has 0 aliphatic carbocycles. The number of hydrogen-bond donors (Lipinski definition) is 2. The Morgan fingerprint density at radius 3 is 2.69 bits per heavy atom. The monoisotopic (exact) mass is 387 g/mol. The van der Waals surface area contributed by atoms with Crippen LogP contribution in [0.1, 0.15) is 25.8 Å². The van der Waals surface area contributed by atoms with Crippen molar-refractivity contribution in [3.8, 4) is 0 Å². The topological polar surface area (TPSA) is 103 Å². The van der Waals surface area contributed by atoms with Crippen LogP contribution in [0.2, 0.25) is 0 Å². The van der Waals surface area contributed by atoms with Crippen LogP contribution in [-0.4, -0.2) is 43.1 Å². The number of ether oxygens (including phenoxy) is 1. The third-order valence-electron chi connectivity index (χ3n) is 3.96. The van der Waals surface area contributed by atoms with E-state index in [1.54, 1.807) is 13.8 Å². The van der Waals surface area contributed by atoms with Crippen molar-refractivity contribution in [3.05, 3.63) is 35.9 Å². The molecule has 2 N–H and O–H groups in total. The van der Waals surface area contributed by atoms with Crippen molar-refractivity contribution < 1.29 is 32.8 Å². The summed E-state index contributed by atoms with van der Waals surface area (Å²) >= 11 is 0. The maximum absolute atomic E-state index is 12.5. The zero-order chi connectivity index (χ0) is 19.2. The molecule has 0 unspecified atom stereocenters. The van der Waals surface area contributed by atoms with Crippen molar-refractivity contribution in [3.63, 3.8) is 0 Å².